The van der Waals surface area contributed by atoms with Crippen LogP contribution in [0.3, 0.4) is 0 Å². The molecule has 0 atom stereocenters. The Labute approximate surface area is 127 Å². The van der Waals surface area contributed by atoms with E-state index in [1.165, 1.54) is 0 Å². The Morgan fingerprint density at radius 1 is 1.35 bits per heavy atom. The van der Waals surface area contributed by atoms with Gasteiger partial charge >= 0.3 is 5.97 Å². The Morgan fingerprint density at radius 2 is 2.15 bits per heavy atom. The first-order valence-corrected chi connectivity index (χ1v) is 7.56. The second kappa shape index (κ2) is 5.03. The fourth-order valence-electron chi connectivity index (χ4n) is 2.26. The van der Waals surface area contributed by atoms with Crippen LogP contribution in [0.4, 0.5) is 5.69 Å². The Balaban J connectivity index is 1.95. The van der Waals surface area contributed by atoms with Gasteiger partial charge in [-0.3, -0.25) is 4.79 Å². The van der Waals surface area contributed by atoms with Gasteiger partial charge in [0, 0.05) is 10.6 Å². The summed E-state index contributed by atoms with van der Waals surface area (Å²) < 4.78 is 1.01. The molecule has 0 radical (unpaired) electrons. The molecule has 4 nitrogen and oxygen atoms in total. The number of anilines is 1. The van der Waals surface area contributed by atoms with Crippen molar-refractivity contribution in [2.45, 2.75) is 13.0 Å². The SMILES string of the molecule is O=C(O)c1ccc2c(c1)N(Cc1ccc(Br)s1)C(=O)C2. The zero-order valence-electron chi connectivity index (χ0n) is 10.3. The number of aromatic carboxylic acids is 1. The molecule has 0 bridgehead atoms. The number of rotatable bonds is 3. The molecule has 20 heavy (non-hydrogen) atoms. The van der Waals surface area contributed by atoms with Gasteiger partial charge in [0.15, 0.2) is 0 Å². The largest absolute Gasteiger partial charge is 0.478 e. The molecule has 1 N–H and O–H groups in total. The maximum Gasteiger partial charge on any atom is 0.335 e. The van der Waals surface area contributed by atoms with E-state index in [0.29, 0.717) is 18.7 Å². The van der Waals surface area contributed by atoms with Gasteiger partial charge < -0.3 is 10.0 Å². The van der Waals surface area contributed by atoms with Crippen molar-refractivity contribution in [1.29, 1.82) is 0 Å². The molecule has 2 aromatic rings. The lowest BCUT2D eigenvalue weighted by atomic mass is 10.1. The fourth-order valence-corrected chi connectivity index (χ4v) is 3.73. The van der Waals surface area contributed by atoms with Crippen molar-refractivity contribution >= 4 is 44.8 Å². The highest BCUT2D eigenvalue weighted by Gasteiger charge is 2.28. The molecule has 0 unspecified atom stereocenters. The highest BCUT2D eigenvalue weighted by Crippen LogP contribution is 2.33. The molecular formula is C14H10BrNO3S. The Hall–Kier alpha value is -1.66. The first-order chi connectivity index (χ1) is 9.54. The summed E-state index contributed by atoms with van der Waals surface area (Å²) in [5, 5.41) is 9.05. The number of benzene rings is 1. The van der Waals surface area contributed by atoms with Crippen molar-refractivity contribution in [3.63, 3.8) is 0 Å². The normalized spacial score (nSPS) is 13.7. The molecule has 1 aliphatic heterocycles. The molecule has 3 rings (SSSR count). The molecule has 0 aliphatic carbocycles. The maximum atomic E-state index is 12.1. The van der Waals surface area contributed by atoms with Crippen LogP contribution in [-0.2, 0) is 17.8 Å². The molecule has 0 saturated carbocycles. The van der Waals surface area contributed by atoms with Gasteiger partial charge in [0.25, 0.3) is 0 Å². The molecule has 2 heterocycles. The third-order valence-corrected chi connectivity index (χ3v) is 4.82. The third kappa shape index (κ3) is 2.36. The fraction of sp³-hybridized carbons (Fsp3) is 0.143. The van der Waals surface area contributed by atoms with E-state index >= 15 is 0 Å². The number of thiophene rings is 1. The topological polar surface area (TPSA) is 57.6 Å². The lowest BCUT2D eigenvalue weighted by Crippen LogP contribution is -2.25. The van der Waals surface area contributed by atoms with Crippen LogP contribution in [0.25, 0.3) is 0 Å². The van der Waals surface area contributed by atoms with Crippen LogP contribution < -0.4 is 4.90 Å². The quantitative estimate of drug-likeness (QED) is 0.922. The molecule has 1 amide bonds. The van der Waals surface area contributed by atoms with Crippen LogP contribution in [0.5, 0.6) is 0 Å². The molecule has 1 aromatic heterocycles. The molecular weight excluding hydrogens is 342 g/mol. The predicted octanol–water partition coefficient (Wildman–Crippen LogP) is 3.30. The zero-order valence-corrected chi connectivity index (χ0v) is 12.7. The lowest BCUT2D eigenvalue weighted by Gasteiger charge is -2.16. The van der Waals surface area contributed by atoms with E-state index in [1.807, 2.05) is 12.1 Å². The van der Waals surface area contributed by atoms with Crippen molar-refractivity contribution in [3.8, 4) is 0 Å². The van der Waals surface area contributed by atoms with Crippen LogP contribution in [0.15, 0.2) is 34.1 Å². The van der Waals surface area contributed by atoms with E-state index in [4.69, 9.17) is 5.11 Å². The van der Waals surface area contributed by atoms with Gasteiger partial charge in [-0.1, -0.05) is 6.07 Å². The minimum atomic E-state index is -0.981. The van der Waals surface area contributed by atoms with Crippen molar-refractivity contribution in [2.75, 3.05) is 4.90 Å². The number of carbonyl (C=O) groups excluding carboxylic acids is 1. The highest BCUT2D eigenvalue weighted by atomic mass is 79.9. The van der Waals surface area contributed by atoms with Gasteiger partial charge in [0.2, 0.25) is 5.91 Å². The molecule has 0 spiro atoms. The van der Waals surface area contributed by atoms with Crippen LogP contribution >= 0.6 is 27.3 Å². The highest BCUT2D eigenvalue weighted by molar-refractivity contribution is 9.11. The van der Waals surface area contributed by atoms with E-state index in [2.05, 4.69) is 15.9 Å². The lowest BCUT2D eigenvalue weighted by molar-refractivity contribution is -0.117. The third-order valence-electron chi connectivity index (χ3n) is 3.21. The zero-order chi connectivity index (χ0) is 14.3. The first kappa shape index (κ1) is 13.3. The second-order valence-electron chi connectivity index (χ2n) is 4.51. The standard InChI is InChI=1S/C14H10BrNO3S/c15-12-4-3-10(20-12)7-16-11-5-9(14(18)19)2-1-8(11)6-13(16)17/h1-5H,6-7H2,(H,18,19). The summed E-state index contributed by atoms with van der Waals surface area (Å²) >= 11 is 4.96. The molecule has 102 valence electrons. The average Bonchev–Trinajstić information content (AvgIpc) is 2.94. The summed E-state index contributed by atoms with van der Waals surface area (Å²) in [6.45, 7) is 0.477. The van der Waals surface area contributed by atoms with E-state index < -0.39 is 5.97 Å². The van der Waals surface area contributed by atoms with Crippen molar-refractivity contribution < 1.29 is 14.7 Å². The van der Waals surface area contributed by atoms with Crippen LogP contribution in [0.2, 0.25) is 0 Å². The Kier molecular flexibility index (Phi) is 3.35. The maximum absolute atomic E-state index is 12.1. The summed E-state index contributed by atoms with van der Waals surface area (Å²) in [5.74, 6) is -0.974. The smallest absolute Gasteiger partial charge is 0.335 e. The van der Waals surface area contributed by atoms with Gasteiger partial charge in [0.05, 0.1) is 22.3 Å². The van der Waals surface area contributed by atoms with Crippen molar-refractivity contribution in [2.24, 2.45) is 0 Å². The van der Waals surface area contributed by atoms with Gasteiger partial charge in [-0.25, -0.2) is 4.79 Å². The number of nitrogens with zero attached hydrogens (tertiary/aromatic N) is 1. The van der Waals surface area contributed by atoms with E-state index in [9.17, 15) is 9.59 Å². The number of carbonyl (C=O) groups is 2. The first-order valence-electron chi connectivity index (χ1n) is 5.95. The number of amides is 1. The molecule has 1 aliphatic rings. The number of fused-ring (bicyclic) bond motifs is 1. The summed E-state index contributed by atoms with van der Waals surface area (Å²) in [7, 11) is 0. The number of halogens is 1. The number of carboxylic acids is 1. The van der Waals surface area contributed by atoms with Crippen molar-refractivity contribution in [1.82, 2.24) is 0 Å². The van der Waals surface area contributed by atoms with Gasteiger partial charge in [-0.15, -0.1) is 11.3 Å². The summed E-state index contributed by atoms with van der Waals surface area (Å²) in [5.41, 5.74) is 1.80. The minimum Gasteiger partial charge on any atom is -0.478 e. The van der Waals surface area contributed by atoms with Crippen molar-refractivity contribution in [3.05, 3.63) is 50.1 Å². The van der Waals surface area contributed by atoms with E-state index in [0.717, 1.165) is 14.2 Å². The Morgan fingerprint density at radius 3 is 2.80 bits per heavy atom. The predicted molar refractivity (Wildman–Crippen MR) is 80.3 cm³/mol. The second-order valence-corrected chi connectivity index (χ2v) is 7.06. The Bertz CT molecular complexity index is 710. The summed E-state index contributed by atoms with van der Waals surface area (Å²) in [6.07, 6.45) is 0.335. The van der Waals surface area contributed by atoms with E-state index in [-0.39, 0.29) is 11.5 Å². The van der Waals surface area contributed by atoms with Gasteiger partial charge in [-0.2, -0.15) is 0 Å². The van der Waals surface area contributed by atoms with Crippen LogP contribution in [0.1, 0.15) is 20.8 Å². The van der Waals surface area contributed by atoms with Crippen LogP contribution in [-0.4, -0.2) is 17.0 Å². The van der Waals surface area contributed by atoms with Gasteiger partial charge in [0.1, 0.15) is 0 Å². The summed E-state index contributed by atoms with van der Waals surface area (Å²) in [4.78, 5) is 25.8. The van der Waals surface area contributed by atoms with Gasteiger partial charge in [-0.05, 0) is 45.8 Å². The summed E-state index contributed by atoms with van der Waals surface area (Å²) in [6, 6.07) is 8.74. The number of hydrogen-bond acceptors (Lipinski definition) is 3. The average molecular weight is 352 g/mol. The minimum absolute atomic E-state index is 0.00654. The number of carboxylic acid groups (broad SMARTS) is 1. The number of hydrogen-bond donors (Lipinski definition) is 1. The molecule has 6 heteroatoms. The molecule has 0 fully saturated rings. The molecule has 1 aromatic carbocycles. The van der Waals surface area contributed by atoms with E-state index in [1.54, 1.807) is 34.4 Å². The monoisotopic (exact) mass is 351 g/mol. The molecule has 0 saturated heterocycles. The van der Waals surface area contributed by atoms with Crippen LogP contribution in [0, 0.1) is 0 Å².